The van der Waals surface area contributed by atoms with Crippen molar-refractivity contribution in [1.82, 2.24) is 4.90 Å². The van der Waals surface area contributed by atoms with E-state index in [-0.39, 0.29) is 36.1 Å². The zero-order valence-electron chi connectivity index (χ0n) is 14.9. The first-order valence-electron chi connectivity index (χ1n) is 7.79. The minimum Gasteiger partial charge on any atom is -0.444 e. The van der Waals surface area contributed by atoms with Crippen LogP contribution in [-0.4, -0.2) is 41.7 Å². The number of hydrogen-bond donors (Lipinski definition) is 2. The van der Waals surface area contributed by atoms with Crippen LogP contribution in [0.25, 0.3) is 0 Å². The average molecular weight is 446 g/mol. The van der Waals surface area contributed by atoms with Crippen molar-refractivity contribution in [3.8, 4) is 0 Å². The van der Waals surface area contributed by atoms with Gasteiger partial charge in [0.2, 0.25) is 0 Å². The number of nitrogens with two attached hydrogens (primary N) is 1. The Morgan fingerprint density at radius 1 is 1.25 bits per heavy atom. The highest BCUT2D eigenvalue weighted by molar-refractivity contribution is 14.0. The van der Waals surface area contributed by atoms with Gasteiger partial charge in [0, 0.05) is 18.8 Å². The molecule has 1 saturated heterocycles. The molecule has 6 nitrogen and oxygen atoms in total. The molecule has 1 aliphatic rings. The third kappa shape index (κ3) is 6.18. The Hall–Kier alpha value is -1.51. The van der Waals surface area contributed by atoms with E-state index in [4.69, 9.17) is 10.5 Å². The fraction of sp³-hybridized carbons (Fsp3) is 0.529. The standard InChI is InChI=1S/C17H26N4O2.HI/c1-11-6-12(2)8-13(7-11)19-15(18)20-14-9-21(10-14)16(22)23-17(3,4)5;/h6-8,14H,9-10H2,1-5H3,(H3,18,19,20);1H. The Balaban J connectivity index is 0.00000288. The molecule has 134 valence electrons. The molecule has 1 amide bonds. The molecular weight excluding hydrogens is 419 g/mol. The molecule has 1 heterocycles. The largest absolute Gasteiger partial charge is 0.444 e. The molecule has 7 heteroatoms. The molecule has 0 atom stereocenters. The highest BCUT2D eigenvalue weighted by atomic mass is 127. The molecule has 3 N–H and O–H groups in total. The van der Waals surface area contributed by atoms with Crippen LogP contribution in [0.5, 0.6) is 0 Å². The Morgan fingerprint density at radius 3 is 2.29 bits per heavy atom. The zero-order chi connectivity index (χ0) is 17.2. The van der Waals surface area contributed by atoms with Gasteiger partial charge in [-0.3, -0.25) is 0 Å². The first-order valence-corrected chi connectivity index (χ1v) is 7.79. The fourth-order valence-electron chi connectivity index (χ4n) is 2.44. The molecule has 1 aromatic rings. The topological polar surface area (TPSA) is 80.0 Å². The summed E-state index contributed by atoms with van der Waals surface area (Å²) in [5.74, 6) is 0.365. The molecule has 1 aromatic carbocycles. The van der Waals surface area contributed by atoms with Crippen molar-refractivity contribution in [2.75, 3.05) is 18.4 Å². The molecule has 0 aromatic heterocycles. The number of halogens is 1. The van der Waals surface area contributed by atoms with Gasteiger partial charge >= 0.3 is 6.09 Å². The molecule has 0 radical (unpaired) electrons. The van der Waals surface area contributed by atoms with Crippen molar-refractivity contribution in [2.24, 2.45) is 10.7 Å². The highest BCUT2D eigenvalue weighted by Crippen LogP contribution is 2.18. The number of nitrogens with one attached hydrogen (secondary N) is 1. The smallest absolute Gasteiger partial charge is 0.410 e. The van der Waals surface area contributed by atoms with Crippen molar-refractivity contribution in [2.45, 2.75) is 46.3 Å². The van der Waals surface area contributed by atoms with Crippen LogP contribution in [0.15, 0.2) is 23.2 Å². The number of aliphatic imine (C=N–C) groups is 1. The number of hydrogen-bond acceptors (Lipinski definition) is 3. The number of aryl methyl sites for hydroxylation is 2. The molecule has 0 unspecified atom stereocenters. The van der Waals surface area contributed by atoms with Gasteiger partial charge in [-0.25, -0.2) is 9.79 Å². The second-order valence-electron chi connectivity index (χ2n) is 7.05. The van der Waals surface area contributed by atoms with E-state index in [2.05, 4.69) is 16.4 Å². The Kier molecular flexibility index (Phi) is 6.88. The number of benzene rings is 1. The third-order valence-corrected chi connectivity index (χ3v) is 3.33. The normalized spacial score (nSPS) is 15.4. The minimum atomic E-state index is -0.477. The van der Waals surface area contributed by atoms with Crippen LogP contribution in [0, 0.1) is 13.8 Å². The van der Waals surface area contributed by atoms with Gasteiger partial charge < -0.3 is 20.7 Å². The number of guanidine groups is 1. The van der Waals surface area contributed by atoms with E-state index in [9.17, 15) is 4.79 Å². The summed E-state index contributed by atoms with van der Waals surface area (Å²) in [5, 5.41) is 3.10. The van der Waals surface area contributed by atoms with Crippen LogP contribution in [0.2, 0.25) is 0 Å². The summed E-state index contributed by atoms with van der Waals surface area (Å²) in [6, 6.07) is 6.15. The number of nitrogens with zero attached hydrogens (tertiary/aromatic N) is 2. The van der Waals surface area contributed by atoms with Crippen LogP contribution in [0.1, 0.15) is 31.9 Å². The maximum Gasteiger partial charge on any atom is 0.410 e. The Morgan fingerprint density at radius 2 is 1.79 bits per heavy atom. The quantitative estimate of drug-likeness (QED) is 0.415. The molecule has 0 bridgehead atoms. The molecule has 24 heavy (non-hydrogen) atoms. The van der Waals surface area contributed by atoms with Crippen molar-refractivity contribution in [3.63, 3.8) is 0 Å². The molecule has 0 aliphatic carbocycles. The number of rotatable bonds is 2. The summed E-state index contributed by atoms with van der Waals surface area (Å²) in [5.41, 5.74) is 8.72. The lowest BCUT2D eigenvalue weighted by Crippen LogP contribution is -2.54. The highest BCUT2D eigenvalue weighted by Gasteiger charge is 2.33. The first-order chi connectivity index (χ1) is 10.6. The summed E-state index contributed by atoms with van der Waals surface area (Å²) in [4.78, 5) is 17.9. The van der Waals surface area contributed by atoms with Crippen LogP contribution in [0.3, 0.4) is 0 Å². The average Bonchev–Trinajstić information content (AvgIpc) is 2.29. The first kappa shape index (κ1) is 20.5. The number of carbonyl (C=O) groups excluding carboxylic acids is 1. The maximum absolute atomic E-state index is 11.8. The predicted octanol–water partition coefficient (Wildman–Crippen LogP) is 3.27. The summed E-state index contributed by atoms with van der Waals surface area (Å²) in [6.45, 7) is 10.7. The Bertz CT molecular complexity index is 599. The van der Waals surface area contributed by atoms with Crippen LogP contribution >= 0.6 is 24.0 Å². The van der Waals surface area contributed by atoms with Crippen molar-refractivity contribution < 1.29 is 9.53 Å². The van der Waals surface area contributed by atoms with Crippen molar-refractivity contribution in [1.29, 1.82) is 0 Å². The summed E-state index contributed by atoms with van der Waals surface area (Å²) < 4.78 is 5.31. The van der Waals surface area contributed by atoms with E-state index in [1.165, 1.54) is 11.1 Å². The third-order valence-electron chi connectivity index (χ3n) is 3.33. The second-order valence-corrected chi connectivity index (χ2v) is 7.05. The summed E-state index contributed by atoms with van der Waals surface area (Å²) in [6.07, 6.45) is -0.301. The maximum atomic E-state index is 11.8. The van der Waals surface area contributed by atoms with Crippen LogP contribution in [0.4, 0.5) is 10.5 Å². The number of ether oxygens (including phenoxy) is 1. The lowest BCUT2D eigenvalue weighted by molar-refractivity contribution is 0.00905. The van der Waals surface area contributed by atoms with E-state index in [1.54, 1.807) is 4.90 Å². The molecule has 1 aliphatic heterocycles. The van der Waals surface area contributed by atoms with Gasteiger partial charge in [0.05, 0.1) is 6.04 Å². The van der Waals surface area contributed by atoms with E-state index in [0.29, 0.717) is 19.0 Å². The molecule has 1 fully saturated rings. The van der Waals surface area contributed by atoms with Gasteiger partial charge in [0.25, 0.3) is 0 Å². The van der Waals surface area contributed by atoms with Gasteiger partial charge in [-0.05, 0) is 57.9 Å². The summed E-state index contributed by atoms with van der Waals surface area (Å²) in [7, 11) is 0. The van der Waals surface area contributed by atoms with Gasteiger partial charge in [0.1, 0.15) is 5.60 Å². The van der Waals surface area contributed by atoms with Crippen LogP contribution in [-0.2, 0) is 4.74 Å². The number of amides is 1. The molecular formula is C17H27IN4O2. The lowest BCUT2D eigenvalue weighted by atomic mass is 10.1. The monoisotopic (exact) mass is 446 g/mol. The van der Waals surface area contributed by atoms with Gasteiger partial charge in [0.15, 0.2) is 5.96 Å². The second kappa shape index (κ2) is 8.04. The van der Waals surface area contributed by atoms with E-state index >= 15 is 0 Å². The SMILES string of the molecule is Cc1cc(C)cc(NC(N)=NC2CN(C(=O)OC(C)(C)C)C2)c1.I. The number of carbonyl (C=O) groups is 1. The predicted molar refractivity (Wildman–Crippen MR) is 108 cm³/mol. The van der Waals surface area contributed by atoms with E-state index < -0.39 is 5.60 Å². The van der Waals surface area contributed by atoms with Crippen molar-refractivity contribution in [3.05, 3.63) is 29.3 Å². The van der Waals surface area contributed by atoms with Gasteiger partial charge in [-0.1, -0.05) is 6.07 Å². The van der Waals surface area contributed by atoms with Crippen molar-refractivity contribution >= 4 is 41.7 Å². The fourth-order valence-corrected chi connectivity index (χ4v) is 2.44. The zero-order valence-corrected chi connectivity index (χ0v) is 17.3. The van der Waals surface area contributed by atoms with Crippen LogP contribution < -0.4 is 11.1 Å². The van der Waals surface area contributed by atoms with E-state index in [1.807, 2.05) is 46.8 Å². The summed E-state index contributed by atoms with van der Waals surface area (Å²) >= 11 is 0. The number of anilines is 1. The molecule has 0 saturated carbocycles. The van der Waals surface area contributed by atoms with E-state index in [0.717, 1.165) is 5.69 Å². The lowest BCUT2D eigenvalue weighted by Gasteiger charge is -2.37. The van der Waals surface area contributed by atoms with Gasteiger partial charge in [-0.2, -0.15) is 0 Å². The minimum absolute atomic E-state index is 0. The number of likely N-dealkylation sites (tertiary alicyclic amines) is 1. The Labute approximate surface area is 160 Å². The van der Waals surface area contributed by atoms with Gasteiger partial charge in [-0.15, -0.1) is 24.0 Å². The molecule has 2 rings (SSSR count). The molecule has 0 spiro atoms.